The van der Waals surface area contributed by atoms with Crippen molar-refractivity contribution in [3.8, 4) is 0 Å². The molecule has 1 aromatic rings. The Bertz CT molecular complexity index is 371. The molecule has 1 aliphatic rings. The van der Waals surface area contributed by atoms with Crippen LogP contribution < -0.4 is 0 Å². The Morgan fingerprint density at radius 3 is 2.94 bits per heavy atom. The van der Waals surface area contributed by atoms with Gasteiger partial charge in [-0.25, -0.2) is 13.8 Å². The van der Waals surface area contributed by atoms with Crippen molar-refractivity contribution >= 4 is 0 Å². The first kappa shape index (κ1) is 12.5. The SMILES string of the molecule is CC(C)c1nccn1CC1CCCC(F)(F)C1. The Balaban J connectivity index is 2.03. The van der Waals surface area contributed by atoms with Gasteiger partial charge in [-0.05, 0) is 18.8 Å². The van der Waals surface area contributed by atoms with Crippen LogP contribution in [0.4, 0.5) is 8.78 Å². The number of aromatic nitrogens is 2. The Hall–Kier alpha value is -0.930. The fraction of sp³-hybridized carbons (Fsp3) is 0.769. The van der Waals surface area contributed by atoms with E-state index in [0.29, 0.717) is 18.9 Å². The molecule has 1 aromatic heterocycles. The van der Waals surface area contributed by atoms with Crippen molar-refractivity contribution in [3.63, 3.8) is 0 Å². The molecule has 1 fully saturated rings. The molecule has 17 heavy (non-hydrogen) atoms. The van der Waals surface area contributed by atoms with Gasteiger partial charge >= 0.3 is 0 Å². The summed E-state index contributed by atoms with van der Waals surface area (Å²) in [6, 6.07) is 0. The van der Waals surface area contributed by atoms with Crippen LogP contribution in [-0.4, -0.2) is 15.5 Å². The third-order valence-corrected chi connectivity index (χ3v) is 3.46. The Labute approximate surface area is 101 Å². The van der Waals surface area contributed by atoms with E-state index in [1.807, 2.05) is 10.8 Å². The third-order valence-electron chi connectivity index (χ3n) is 3.46. The summed E-state index contributed by atoms with van der Waals surface area (Å²) in [5, 5.41) is 0. The lowest BCUT2D eigenvalue weighted by atomic mass is 9.86. The quantitative estimate of drug-likeness (QED) is 0.787. The molecule has 1 heterocycles. The highest BCUT2D eigenvalue weighted by Crippen LogP contribution is 2.37. The maximum atomic E-state index is 13.3. The van der Waals surface area contributed by atoms with Gasteiger partial charge in [0.25, 0.3) is 0 Å². The number of imidazole rings is 1. The Kier molecular flexibility index (Phi) is 3.50. The van der Waals surface area contributed by atoms with Gasteiger partial charge in [0.1, 0.15) is 5.82 Å². The van der Waals surface area contributed by atoms with Crippen LogP contribution >= 0.6 is 0 Å². The zero-order valence-electron chi connectivity index (χ0n) is 10.5. The second-order valence-corrected chi connectivity index (χ2v) is 5.41. The molecule has 0 radical (unpaired) electrons. The number of hydrogen-bond donors (Lipinski definition) is 0. The number of rotatable bonds is 3. The Morgan fingerprint density at radius 1 is 1.53 bits per heavy atom. The average Bonchev–Trinajstić information content (AvgIpc) is 2.64. The number of halogens is 2. The molecular weight excluding hydrogens is 222 g/mol. The zero-order chi connectivity index (χ0) is 12.5. The van der Waals surface area contributed by atoms with Crippen LogP contribution in [0.1, 0.15) is 51.3 Å². The summed E-state index contributed by atoms with van der Waals surface area (Å²) in [4.78, 5) is 4.29. The van der Waals surface area contributed by atoms with Crippen LogP contribution in [0.5, 0.6) is 0 Å². The lowest BCUT2D eigenvalue weighted by Crippen LogP contribution is -2.28. The molecule has 0 spiro atoms. The van der Waals surface area contributed by atoms with Crippen molar-refractivity contribution in [3.05, 3.63) is 18.2 Å². The molecule has 0 saturated heterocycles. The van der Waals surface area contributed by atoms with Gasteiger partial charge in [-0.3, -0.25) is 0 Å². The van der Waals surface area contributed by atoms with Crippen LogP contribution in [0.15, 0.2) is 12.4 Å². The molecule has 1 unspecified atom stereocenters. The molecule has 1 atom stereocenters. The molecule has 1 aliphatic carbocycles. The molecule has 2 rings (SSSR count). The molecule has 96 valence electrons. The van der Waals surface area contributed by atoms with E-state index in [1.54, 1.807) is 6.20 Å². The fourth-order valence-electron chi connectivity index (χ4n) is 2.69. The highest BCUT2D eigenvalue weighted by atomic mass is 19.3. The van der Waals surface area contributed by atoms with Crippen LogP contribution in [0.25, 0.3) is 0 Å². The van der Waals surface area contributed by atoms with Crippen molar-refractivity contribution in [1.29, 1.82) is 0 Å². The van der Waals surface area contributed by atoms with E-state index < -0.39 is 5.92 Å². The van der Waals surface area contributed by atoms with Crippen molar-refractivity contribution in [1.82, 2.24) is 9.55 Å². The van der Waals surface area contributed by atoms with E-state index in [-0.39, 0.29) is 18.8 Å². The molecule has 4 heteroatoms. The van der Waals surface area contributed by atoms with Gasteiger partial charge in [-0.1, -0.05) is 13.8 Å². The summed E-state index contributed by atoms with van der Waals surface area (Å²) < 4.78 is 28.7. The first-order valence-corrected chi connectivity index (χ1v) is 6.37. The van der Waals surface area contributed by atoms with Crippen molar-refractivity contribution in [2.45, 2.75) is 57.9 Å². The van der Waals surface area contributed by atoms with Gasteiger partial charge in [0.15, 0.2) is 0 Å². The summed E-state index contributed by atoms with van der Waals surface area (Å²) in [5.41, 5.74) is 0. The summed E-state index contributed by atoms with van der Waals surface area (Å²) in [6.45, 7) is 4.84. The van der Waals surface area contributed by atoms with E-state index in [9.17, 15) is 8.78 Å². The molecule has 0 bridgehead atoms. The summed E-state index contributed by atoms with van der Waals surface area (Å²) >= 11 is 0. The maximum Gasteiger partial charge on any atom is 0.248 e. The minimum atomic E-state index is -2.46. The normalized spacial score (nSPS) is 24.2. The summed E-state index contributed by atoms with van der Waals surface area (Å²) in [6.07, 6.45) is 5.31. The molecule has 0 amide bonds. The van der Waals surface area contributed by atoms with E-state index in [0.717, 1.165) is 12.2 Å². The second kappa shape index (κ2) is 4.75. The molecule has 2 nitrogen and oxygen atoms in total. The van der Waals surface area contributed by atoms with Crippen LogP contribution in [0.2, 0.25) is 0 Å². The van der Waals surface area contributed by atoms with E-state index in [4.69, 9.17) is 0 Å². The summed E-state index contributed by atoms with van der Waals surface area (Å²) in [5.74, 6) is -1.03. The summed E-state index contributed by atoms with van der Waals surface area (Å²) in [7, 11) is 0. The average molecular weight is 242 g/mol. The predicted octanol–water partition coefficient (Wildman–Crippen LogP) is 3.83. The highest BCUT2D eigenvalue weighted by Gasteiger charge is 2.36. The van der Waals surface area contributed by atoms with Crippen LogP contribution in [-0.2, 0) is 6.54 Å². The lowest BCUT2D eigenvalue weighted by molar-refractivity contribution is -0.0548. The van der Waals surface area contributed by atoms with Crippen LogP contribution in [0.3, 0.4) is 0 Å². The fourth-order valence-corrected chi connectivity index (χ4v) is 2.69. The number of nitrogens with zero attached hydrogens (tertiary/aromatic N) is 2. The maximum absolute atomic E-state index is 13.3. The smallest absolute Gasteiger partial charge is 0.248 e. The molecule has 0 N–H and O–H groups in total. The van der Waals surface area contributed by atoms with Gasteiger partial charge < -0.3 is 4.57 Å². The van der Waals surface area contributed by atoms with Gasteiger partial charge in [-0.2, -0.15) is 0 Å². The van der Waals surface area contributed by atoms with Crippen molar-refractivity contribution in [2.24, 2.45) is 5.92 Å². The first-order chi connectivity index (χ1) is 7.98. The molecular formula is C13H20F2N2. The monoisotopic (exact) mass is 242 g/mol. The standard InChI is InChI=1S/C13H20F2N2/c1-10(2)12-16-6-7-17(12)9-11-4-3-5-13(14,15)8-11/h6-7,10-11H,3-5,8-9H2,1-2H3. The van der Waals surface area contributed by atoms with Gasteiger partial charge in [0.05, 0.1) is 0 Å². The molecule has 0 aliphatic heterocycles. The largest absolute Gasteiger partial charge is 0.334 e. The predicted molar refractivity (Wildman–Crippen MR) is 63.2 cm³/mol. The van der Waals surface area contributed by atoms with Gasteiger partial charge in [-0.15, -0.1) is 0 Å². The van der Waals surface area contributed by atoms with Crippen molar-refractivity contribution < 1.29 is 8.78 Å². The molecule has 1 saturated carbocycles. The third kappa shape index (κ3) is 3.05. The van der Waals surface area contributed by atoms with Gasteiger partial charge in [0, 0.05) is 37.7 Å². The minimum absolute atomic E-state index is 0.0305. The van der Waals surface area contributed by atoms with Gasteiger partial charge in [0.2, 0.25) is 5.92 Å². The van der Waals surface area contributed by atoms with E-state index in [2.05, 4.69) is 18.8 Å². The lowest BCUT2D eigenvalue weighted by Gasteiger charge is -2.29. The minimum Gasteiger partial charge on any atom is -0.334 e. The first-order valence-electron chi connectivity index (χ1n) is 6.37. The second-order valence-electron chi connectivity index (χ2n) is 5.41. The highest BCUT2D eigenvalue weighted by molar-refractivity contribution is 4.98. The number of hydrogen-bond acceptors (Lipinski definition) is 1. The van der Waals surface area contributed by atoms with E-state index in [1.165, 1.54) is 0 Å². The van der Waals surface area contributed by atoms with Crippen LogP contribution in [0, 0.1) is 5.92 Å². The van der Waals surface area contributed by atoms with E-state index >= 15 is 0 Å². The topological polar surface area (TPSA) is 17.8 Å². The molecule has 0 aromatic carbocycles. The van der Waals surface area contributed by atoms with Crippen molar-refractivity contribution in [2.75, 3.05) is 0 Å². The Morgan fingerprint density at radius 2 is 2.29 bits per heavy atom. The zero-order valence-corrected chi connectivity index (χ0v) is 10.5. The number of alkyl halides is 2.